The van der Waals surface area contributed by atoms with Crippen LogP contribution < -0.4 is 5.32 Å². The molecule has 2 unspecified atom stereocenters. The molecule has 0 saturated heterocycles. The van der Waals surface area contributed by atoms with E-state index in [0.717, 1.165) is 0 Å². The van der Waals surface area contributed by atoms with Crippen LogP contribution in [0.4, 0.5) is 4.79 Å². The van der Waals surface area contributed by atoms with Gasteiger partial charge in [0.25, 0.3) is 0 Å². The second kappa shape index (κ2) is 5.99. The van der Waals surface area contributed by atoms with E-state index >= 15 is 0 Å². The minimum absolute atomic E-state index is 0.278. The van der Waals surface area contributed by atoms with Crippen LogP contribution in [-0.4, -0.2) is 50.3 Å². The Morgan fingerprint density at radius 2 is 2.22 bits per heavy atom. The Kier molecular flexibility index (Phi) is 4.64. The van der Waals surface area contributed by atoms with Gasteiger partial charge in [0.15, 0.2) is 0 Å². The lowest BCUT2D eigenvalue weighted by Gasteiger charge is -2.22. The number of hydrogen-bond donors (Lipinski definition) is 3. The first kappa shape index (κ1) is 13.9. The number of nitrogens with one attached hydrogen (secondary N) is 2. The van der Waals surface area contributed by atoms with Gasteiger partial charge in [0.1, 0.15) is 12.2 Å². The first-order valence-electron chi connectivity index (χ1n) is 5.50. The smallest absolute Gasteiger partial charge is 0.317 e. The molecule has 0 aliphatic carbocycles. The molecule has 1 aromatic rings. The predicted octanol–water partition coefficient (Wildman–Crippen LogP) is 0.0553. The van der Waals surface area contributed by atoms with Crippen LogP contribution in [0.3, 0.4) is 0 Å². The van der Waals surface area contributed by atoms with Crippen LogP contribution in [0, 0.1) is 5.92 Å². The van der Waals surface area contributed by atoms with Crippen molar-refractivity contribution in [3.05, 3.63) is 12.2 Å². The molecule has 2 amide bonds. The predicted molar refractivity (Wildman–Crippen MR) is 62.6 cm³/mol. The van der Waals surface area contributed by atoms with Crippen molar-refractivity contribution in [2.75, 3.05) is 7.05 Å². The van der Waals surface area contributed by atoms with Gasteiger partial charge in [-0.3, -0.25) is 9.89 Å². The molecule has 8 nitrogen and oxygen atoms in total. The number of aromatic nitrogens is 3. The lowest BCUT2D eigenvalue weighted by Crippen LogP contribution is -2.45. The Bertz CT molecular complexity index is 406. The third-order valence-corrected chi connectivity index (χ3v) is 2.69. The van der Waals surface area contributed by atoms with Crippen LogP contribution in [0.2, 0.25) is 0 Å². The number of amides is 2. The number of carboxylic acid groups (broad SMARTS) is 1. The van der Waals surface area contributed by atoms with Crippen LogP contribution in [0.5, 0.6) is 0 Å². The van der Waals surface area contributed by atoms with Gasteiger partial charge in [-0.25, -0.2) is 9.78 Å². The van der Waals surface area contributed by atoms with Crippen molar-refractivity contribution in [3.63, 3.8) is 0 Å². The average Bonchev–Trinajstić information content (AvgIpc) is 2.80. The van der Waals surface area contributed by atoms with E-state index in [4.69, 9.17) is 5.11 Å². The number of hydrogen-bond acceptors (Lipinski definition) is 4. The zero-order valence-corrected chi connectivity index (χ0v) is 10.5. The molecule has 100 valence electrons. The number of carbonyl (C=O) groups excluding carboxylic acids is 1. The molecule has 0 spiro atoms. The highest BCUT2D eigenvalue weighted by atomic mass is 16.4. The fourth-order valence-electron chi connectivity index (χ4n) is 1.25. The Balaban J connectivity index is 2.47. The van der Waals surface area contributed by atoms with E-state index in [2.05, 4.69) is 20.5 Å². The van der Waals surface area contributed by atoms with Gasteiger partial charge in [-0.1, -0.05) is 0 Å². The number of carbonyl (C=O) groups is 2. The van der Waals surface area contributed by atoms with Crippen molar-refractivity contribution in [2.45, 2.75) is 26.4 Å². The maximum atomic E-state index is 11.8. The summed E-state index contributed by atoms with van der Waals surface area (Å²) in [5.41, 5.74) is 0. The molecule has 1 heterocycles. The zero-order chi connectivity index (χ0) is 13.7. The maximum absolute atomic E-state index is 11.8. The topological polar surface area (TPSA) is 111 Å². The lowest BCUT2D eigenvalue weighted by molar-refractivity contribution is -0.141. The summed E-state index contributed by atoms with van der Waals surface area (Å²) >= 11 is 0. The minimum Gasteiger partial charge on any atom is -0.481 e. The van der Waals surface area contributed by atoms with E-state index in [1.54, 1.807) is 20.9 Å². The number of aromatic amines is 1. The molecule has 0 bridgehead atoms. The molecule has 0 aliphatic heterocycles. The van der Waals surface area contributed by atoms with E-state index < -0.39 is 17.9 Å². The fourth-order valence-corrected chi connectivity index (χ4v) is 1.25. The van der Waals surface area contributed by atoms with Crippen LogP contribution in [-0.2, 0) is 11.3 Å². The number of carboxylic acids is 1. The highest BCUT2D eigenvalue weighted by Gasteiger charge is 2.22. The number of aliphatic carboxylic acids is 1. The summed E-state index contributed by atoms with van der Waals surface area (Å²) in [7, 11) is 1.59. The van der Waals surface area contributed by atoms with Gasteiger partial charge >= 0.3 is 12.0 Å². The summed E-state index contributed by atoms with van der Waals surface area (Å²) in [5.74, 6) is -1.03. The second-order valence-electron chi connectivity index (χ2n) is 4.15. The average molecular weight is 255 g/mol. The molecule has 1 aromatic heterocycles. The number of nitrogens with zero attached hydrogens (tertiary/aromatic N) is 3. The van der Waals surface area contributed by atoms with Gasteiger partial charge in [-0.15, -0.1) is 0 Å². The number of urea groups is 1. The minimum atomic E-state index is -0.944. The van der Waals surface area contributed by atoms with Gasteiger partial charge in [-0.05, 0) is 13.8 Å². The summed E-state index contributed by atoms with van der Waals surface area (Å²) in [5, 5.41) is 17.8. The second-order valence-corrected chi connectivity index (χ2v) is 4.15. The zero-order valence-electron chi connectivity index (χ0n) is 10.5. The molecule has 3 N–H and O–H groups in total. The molecule has 8 heteroatoms. The Morgan fingerprint density at radius 1 is 1.56 bits per heavy atom. The quantitative estimate of drug-likeness (QED) is 0.688. The van der Waals surface area contributed by atoms with E-state index in [1.165, 1.54) is 11.2 Å². The van der Waals surface area contributed by atoms with Crippen molar-refractivity contribution < 1.29 is 14.7 Å². The van der Waals surface area contributed by atoms with Gasteiger partial charge in [-0.2, -0.15) is 5.10 Å². The Hall–Kier alpha value is -2.12. The van der Waals surface area contributed by atoms with Gasteiger partial charge < -0.3 is 15.3 Å². The molecule has 0 fully saturated rings. The molecule has 0 saturated carbocycles. The monoisotopic (exact) mass is 255 g/mol. The van der Waals surface area contributed by atoms with Gasteiger partial charge in [0, 0.05) is 13.1 Å². The summed E-state index contributed by atoms with van der Waals surface area (Å²) in [6.07, 6.45) is 1.36. The highest BCUT2D eigenvalue weighted by Crippen LogP contribution is 2.03. The SMILES string of the molecule is CC(NC(=O)N(C)Cc1ncn[nH]1)C(C)C(=O)O. The Labute approximate surface area is 104 Å². The molecular weight excluding hydrogens is 238 g/mol. The molecular formula is C10H17N5O3. The summed E-state index contributed by atoms with van der Waals surface area (Å²) in [6, 6.07) is -0.806. The van der Waals surface area contributed by atoms with Crippen molar-refractivity contribution in [2.24, 2.45) is 5.92 Å². The van der Waals surface area contributed by atoms with Crippen molar-refractivity contribution in [1.29, 1.82) is 0 Å². The van der Waals surface area contributed by atoms with E-state index in [9.17, 15) is 9.59 Å². The number of rotatable bonds is 5. The van der Waals surface area contributed by atoms with Crippen LogP contribution in [0.15, 0.2) is 6.33 Å². The molecule has 18 heavy (non-hydrogen) atoms. The van der Waals surface area contributed by atoms with Gasteiger partial charge in [0.2, 0.25) is 0 Å². The van der Waals surface area contributed by atoms with Crippen molar-refractivity contribution >= 4 is 12.0 Å². The summed E-state index contributed by atoms with van der Waals surface area (Å²) in [4.78, 5) is 27.8. The van der Waals surface area contributed by atoms with Crippen LogP contribution >= 0.6 is 0 Å². The Morgan fingerprint density at radius 3 is 2.72 bits per heavy atom. The molecule has 0 aromatic carbocycles. The molecule has 2 atom stereocenters. The summed E-state index contributed by atoms with van der Waals surface area (Å²) < 4.78 is 0. The molecule has 0 aliphatic rings. The maximum Gasteiger partial charge on any atom is 0.317 e. The molecule has 1 rings (SSSR count). The van der Waals surface area contributed by atoms with E-state index in [0.29, 0.717) is 5.82 Å². The first-order valence-corrected chi connectivity index (χ1v) is 5.50. The van der Waals surface area contributed by atoms with E-state index in [-0.39, 0.29) is 12.6 Å². The summed E-state index contributed by atoms with van der Waals surface area (Å²) in [6.45, 7) is 3.47. The normalized spacial score (nSPS) is 13.7. The first-order chi connectivity index (χ1) is 8.41. The lowest BCUT2D eigenvalue weighted by atomic mass is 10.0. The third-order valence-electron chi connectivity index (χ3n) is 2.69. The number of H-pyrrole nitrogens is 1. The standard InChI is InChI=1S/C10H17N5O3/c1-6(9(16)17)7(2)13-10(18)15(3)4-8-11-5-12-14-8/h5-7H,4H2,1-3H3,(H,13,18)(H,16,17)(H,11,12,14). The van der Waals surface area contributed by atoms with Crippen molar-refractivity contribution in [3.8, 4) is 0 Å². The third kappa shape index (κ3) is 3.72. The van der Waals surface area contributed by atoms with Gasteiger partial charge in [0.05, 0.1) is 12.5 Å². The largest absolute Gasteiger partial charge is 0.481 e. The van der Waals surface area contributed by atoms with Crippen LogP contribution in [0.25, 0.3) is 0 Å². The van der Waals surface area contributed by atoms with Crippen LogP contribution in [0.1, 0.15) is 19.7 Å². The van der Waals surface area contributed by atoms with E-state index in [1.807, 2.05) is 0 Å². The highest BCUT2D eigenvalue weighted by molar-refractivity contribution is 5.76. The van der Waals surface area contributed by atoms with Crippen molar-refractivity contribution in [1.82, 2.24) is 25.4 Å². The molecule has 0 radical (unpaired) electrons. The fraction of sp³-hybridized carbons (Fsp3) is 0.600.